The highest BCUT2D eigenvalue weighted by molar-refractivity contribution is 14.2. The molecule has 0 spiro atoms. The Bertz CT molecular complexity index is 1360. The average molecular weight is 698 g/mol. The van der Waals surface area contributed by atoms with E-state index in [1.54, 1.807) is 32.9 Å². The quantitative estimate of drug-likeness (QED) is 0.0927. The fourth-order valence-electron chi connectivity index (χ4n) is 3.65. The molecular weight excluding hydrogens is 665 g/mol. The summed E-state index contributed by atoms with van der Waals surface area (Å²) in [5.74, 6) is -0.284. The van der Waals surface area contributed by atoms with Crippen molar-refractivity contribution in [3.63, 3.8) is 0 Å². The van der Waals surface area contributed by atoms with Crippen LogP contribution in [0.15, 0.2) is 36.7 Å². The van der Waals surface area contributed by atoms with E-state index in [9.17, 15) is 18.0 Å². The number of alkyl halides is 3. The fraction of sp³-hybridized carbons (Fsp3) is 0.444. The Morgan fingerprint density at radius 2 is 1.85 bits per heavy atom. The zero-order chi connectivity index (χ0) is 29.9. The zero-order valence-electron chi connectivity index (χ0n) is 23.1. The van der Waals surface area contributed by atoms with Crippen molar-refractivity contribution in [2.45, 2.75) is 33.7 Å². The number of halogens is 5. The predicted molar refractivity (Wildman–Crippen MR) is 156 cm³/mol. The second kappa shape index (κ2) is 12.6. The first-order valence-electron chi connectivity index (χ1n) is 12.1. The predicted octanol–water partition coefficient (Wildman–Crippen LogP) is 7.04. The van der Waals surface area contributed by atoms with Gasteiger partial charge in [0.1, 0.15) is 25.0 Å². The molecule has 40 heavy (non-hydrogen) atoms. The minimum Gasteiger partial charge on any atom is -0.476 e. The molecule has 0 saturated heterocycles. The Balaban J connectivity index is 1.85. The summed E-state index contributed by atoms with van der Waals surface area (Å²) in [5, 5.41) is 0. The normalized spacial score (nSPS) is 12.9. The maximum Gasteiger partial charge on any atom is 0.434 e. The van der Waals surface area contributed by atoms with Crippen LogP contribution in [-0.2, 0) is 27.2 Å². The lowest BCUT2D eigenvalue weighted by atomic mass is 9.95. The molecule has 0 aliphatic heterocycles. The third-order valence-electron chi connectivity index (χ3n) is 5.94. The van der Waals surface area contributed by atoms with Crippen molar-refractivity contribution in [3.05, 3.63) is 53.7 Å². The maximum atomic E-state index is 15.4. The fourth-order valence-corrected chi connectivity index (χ4v) is 4.70. The summed E-state index contributed by atoms with van der Waals surface area (Å²) in [6, 6.07) is 5.88. The molecular formula is C27H32F4IN3O4S. The van der Waals surface area contributed by atoms with Gasteiger partial charge in [0.15, 0.2) is 5.69 Å². The molecule has 220 valence electrons. The lowest BCUT2D eigenvalue weighted by Crippen LogP contribution is -2.32. The summed E-state index contributed by atoms with van der Waals surface area (Å²) in [7, 11) is 0.433. The third-order valence-corrected chi connectivity index (χ3v) is 8.39. The molecule has 3 rings (SSSR count). The van der Waals surface area contributed by atoms with E-state index in [-0.39, 0.29) is 30.6 Å². The van der Waals surface area contributed by atoms with Gasteiger partial charge in [0.2, 0.25) is 5.88 Å². The number of rotatable bonds is 11. The molecule has 2 heterocycles. The number of hydrogen-bond donors (Lipinski definition) is 0. The van der Waals surface area contributed by atoms with E-state index in [4.69, 9.17) is 14.2 Å². The van der Waals surface area contributed by atoms with Gasteiger partial charge in [-0.2, -0.15) is 20.4 Å². The van der Waals surface area contributed by atoms with E-state index in [0.29, 0.717) is 17.7 Å². The van der Waals surface area contributed by atoms with Crippen LogP contribution in [0, 0.1) is 18.2 Å². The molecule has 0 unspecified atom stereocenters. The van der Waals surface area contributed by atoms with Crippen LogP contribution in [0.3, 0.4) is 0 Å². The number of aryl methyl sites for hydroxylation is 1. The third kappa shape index (κ3) is 8.32. The Hall–Kier alpha value is -2.39. The molecule has 0 N–H and O–H groups in total. The number of esters is 1. The molecule has 0 amide bonds. The van der Waals surface area contributed by atoms with Crippen molar-refractivity contribution in [3.8, 4) is 28.4 Å². The van der Waals surface area contributed by atoms with E-state index in [0.717, 1.165) is 17.5 Å². The number of carbonyl (C=O) groups excluding carboxylic acids is 1. The smallest absolute Gasteiger partial charge is 0.434 e. The number of aromatic nitrogens is 3. The van der Waals surface area contributed by atoms with Crippen LogP contribution in [-0.4, -0.2) is 59.1 Å². The highest BCUT2D eigenvalue weighted by Gasteiger charge is 2.35. The van der Waals surface area contributed by atoms with Crippen LogP contribution in [0.25, 0.3) is 22.5 Å². The molecule has 2 aromatic heterocycles. The molecule has 0 aliphatic carbocycles. The molecule has 3 aromatic rings. The summed E-state index contributed by atoms with van der Waals surface area (Å²) < 4.78 is 72.9. The largest absolute Gasteiger partial charge is 0.476 e. The van der Waals surface area contributed by atoms with Gasteiger partial charge in [-0.1, -0.05) is 6.07 Å². The van der Waals surface area contributed by atoms with E-state index in [2.05, 4.69) is 43.7 Å². The topological polar surface area (TPSA) is 75.5 Å². The van der Waals surface area contributed by atoms with Gasteiger partial charge in [-0.05, 0) is 77.7 Å². The molecule has 13 heteroatoms. The van der Waals surface area contributed by atoms with Crippen molar-refractivity contribution in [1.29, 1.82) is 0 Å². The minimum absolute atomic E-state index is 0.0437. The lowest BCUT2D eigenvalue weighted by molar-refractivity contribution is -0.152. The Morgan fingerprint density at radius 3 is 2.42 bits per heavy atom. The van der Waals surface area contributed by atoms with Crippen LogP contribution < -0.4 is 4.74 Å². The summed E-state index contributed by atoms with van der Waals surface area (Å²) >= 11 is 2.35. The Kier molecular flexibility index (Phi) is 10.2. The number of carbonyl (C=O) groups is 1. The van der Waals surface area contributed by atoms with Gasteiger partial charge in [-0.15, -0.1) is 0 Å². The van der Waals surface area contributed by atoms with Crippen LogP contribution in [0.1, 0.15) is 25.1 Å². The molecule has 0 fully saturated rings. The van der Waals surface area contributed by atoms with Crippen LogP contribution in [0.2, 0.25) is 0 Å². The first-order chi connectivity index (χ1) is 18.5. The summed E-state index contributed by atoms with van der Waals surface area (Å²) in [4.78, 5) is 19.8. The van der Waals surface area contributed by atoms with Crippen molar-refractivity contribution < 1.29 is 36.6 Å². The molecule has 0 saturated carbocycles. The van der Waals surface area contributed by atoms with Gasteiger partial charge in [-0.3, -0.25) is 4.79 Å². The summed E-state index contributed by atoms with van der Waals surface area (Å²) in [6.45, 7) is 5.38. The Labute approximate surface area is 244 Å². The van der Waals surface area contributed by atoms with Gasteiger partial charge in [0.25, 0.3) is 0 Å². The SMILES string of the molecule is COC(=O)C(C)(C)COc1cc(C)c(-c2ccc(-c3nc(C(F)(F)F)cn3COCCS(C)(C)I)c(F)c2)cn1. The molecule has 7 nitrogen and oxygen atoms in total. The van der Waals surface area contributed by atoms with Gasteiger partial charge in [0, 0.05) is 29.8 Å². The average Bonchev–Trinajstić information content (AvgIpc) is 3.29. The minimum atomic E-state index is -4.69. The van der Waals surface area contributed by atoms with E-state index < -0.39 is 36.3 Å². The molecule has 0 radical (unpaired) electrons. The summed E-state index contributed by atoms with van der Waals surface area (Å²) in [5.41, 5.74) is -0.277. The standard InChI is InChI=1S/C27H32F4IN3O4S/c1-17-11-23(39-15-26(2,3)25(36)37-4)33-13-20(17)18-7-8-19(21(28)12-18)24-34-22(27(29,30)31)14-35(24)16-38-9-10-40(5,6)32/h7-8,11-14H,9-10,15-16H2,1-6H3. The highest BCUT2D eigenvalue weighted by Crippen LogP contribution is 2.48. The van der Waals surface area contributed by atoms with Crippen LogP contribution >= 0.6 is 28.4 Å². The van der Waals surface area contributed by atoms with Gasteiger partial charge in [-0.25, -0.2) is 14.4 Å². The van der Waals surface area contributed by atoms with Crippen molar-refractivity contribution in [2.24, 2.45) is 5.41 Å². The lowest BCUT2D eigenvalue weighted by Gasteiger charge is -2.22. The number of ether oxygens (including phenoxy) is 3. The number of pyridine rings is 1. The maximum absolute atomic E-state index is 15.4. The highest BCUT2D eigenvalue weighted by atomic mass is 127. The second-order valence-electron chi connectivity index (χ2n) is 10.3. The van der Waals surface area contributed by atoms with Gasteiger partial charge >= 0.3 is 12.1 Å². The molecule has 0 bridgehead atoms. The second-order valence-corrected chi connectivity index (χ2v) is 20.6. The number of methoxy groups -OCH3 is 1. The van der Waals surface area contributed by atoms with Gasteiger partial charge < -0.3 is 18.8 Å². The number of nitrogens with zero attached hydrogens (tertiary/aromatic N) is 3. The van der Waals surface area contributed by atoms with Gasteiger partial charge in [0.05, 0.1) is 24.7 Å². The molecule has 0 atom stereocenters. The number of imidazole rings is 1. The van der Waals surface area contributed by atoms with Crippen molar-refractivity contribution >= 4 is 34.4 Å². The monoisotopic (exact) mass is 697 g/mol. The number of benzene rings is 1. The van der Waals surface area contributed by atoms with E-state index in [1.165, 1.54) is 30.0 Å². The Morgan fingerprint density at radius 1 is 1.15 bits per heavy atom. The van der Waals surface area contributed by atoms with E-state index >= 15 is 4.39 Å². The van der Waals surface area contributed by atoms with Crippen molar-refractivity contribution in [2.75, 3.05) is 38.6 Å². The zero-order valence-corrected chi connectivity index (χ0v) is 26.0. The van der Waals surface area contributed by atoms with E-state index in [1.807, 2.05) is 0 Å². The molecule has 0 aliphatic rings. The first-order valence-corrected chi connectivity index (χ1v) is 17.3. The van der Waals surface area contributed by atoms with Crippen LogP contribution in [0.4, 0.5) is 17.6 Å². The molecule has 1 aromatic carbocycles. The first kappa shape index (κ1) is 32.1. The van der Waals surface area contributed by atoms with Crippen LogP contribution in [0.5, 0.6) is 5.88 Å². The van der Waals surface area contributed by atoms with Crippen molar-refractivity contribution in [1.82, 2.24) is 14.5 Å². The number of hydrogen-bond acceptors (Lipinski definition) is 6. The summed E-state index contributed by atoms with van der Waals surface area (Å²) in [6.07, 6.45) is 1.85.